The molecule has 0 spiro atoms. The van der Waals surface area contributed by atoms with Gasteiger partial charge in [0.25, 0.3) is 0 Å². The van der Waals surface area contributed by atoms with Gasteiger partial charge in [-0.1, -0.05) is 0 Å². The molecular weight excluding hydrogens is 286 g/mol. The second kappa shape index (κ2) is 3.52. The first-order chi connectivity index (χ1) is 5.75. The van der Waals surface area contributed by atoms with Crippen molar-refractivity contribution in [3.63, 3.8) is 0 Å². The highest BCUT2D eigenvalue weighted by Crippen LogP contribution is 2.27. The van der Waals surface area contributed by atoms with Gasteiger partial charge in [-0.25, -0.2) is 0 Å². The van der Waals surface area contributed by atoms with E-state index < -0.39 is 0 Å². The summed E-state index contributed by atoms with van der Waals surface area (Å²) in [5, 5.41) is 3.38. The molecule has 1 aliphatic carbocycles. The average Bonchev–Trinajstić information content (AvgIpc) is 2.78. The molecule has 2 nitrogen and oxygen atoms in total. The zero-order chi connectivity index (χ0) is 8.55. The van der Waals surface area contributed by atoms with E-state index in [1.165, 1.54) is 12.8 Å². The third-order valence-electron chi connectivity index (χ3n) is 1.84. The first-order valence-electron chi connectivity index (χ1n) is 3.93. The maximum Gasteiger partial charge on any atom is 0.183 e. The molecule has 0 radical (unpaired) electrons. The Morgan fingerprint density at radius 2 is 2.25 bits per heavy atom. The molecule has 0 atom stereocenters. The summed E-state index contributed by atoms with van der Waals surface area (Å²) in [6, 6.07) is 2.71. The number of nitrogens with one attached hydrogen (secondary N) is 1. The van der Waals surface area contributed by atoms with Crippen LogP contribution in [0.15, 0.2) is 19.6 Å². The highest BCUT2D eigenvalue weighted by Gasteiger charge is 2.20. The lowest BCUT2D eigenvalue weighted by molar-refractivity contribution is 0.464. The molecule has 1 N–H and O–H groups in total. The van der Waals surface area contributed by atoms with Crippen molar-refractivity contribution in [1.82, 2.24) is 5.32 Å². The highest BCUT2D eigenvalue weighted by atomic mass is 79.9. The molecule has 1 aromatic heterocycles. The summed E-state index contributed by atoms with van der Waals surface area (Å²) >= 11 is 6.67. The summed E-state index contributed by atoms with van der Waals surface area (Å²) in [7, 11) is 0. The Morgan fingerprint density at radius 1 is 1.50 bits per heavy atom. The molecule has 0 amide bonds. The molecule has 0 saturated heterocycles. The van der Waals surface area contributed by atoms with E-state index in [2.05, 4.69) is 37.2 Å². The lowest BCUT2D eigenvalue weighted by Gasteiger charge is -1.96. The van der Waals surface area contributed by atoms with Crippen molar-refractivity contribution < 1.29 is 4.42 Å². The standard InChI is InChI=1S/C8H9Br2NO/c9-7-3-6(12-8(7)10)4-11-5-1-2-5/h3,5,11H,1-2,4H2. The van der Waals surface area contributed by atoms with E-state index in [-0.39, 0.29) is 0 Å². The van der Waals surface area contributed by atoms with E-state index in [0.717, 1.165) is 27.5 Å². The van der Waals surface area contributed by atoms with Gasteiger partial charge in [-0.05, 0) is 50.8 Å². The molecule has 0 unspecified atom stereocenters. The fourth-order valence-corrected chi connectivity index (χ4v) is 1.67. The van der Waals surface area contributed by atoms with E-state index in [4.69, 9.17) is 4.42 Å². The fourth-order valence-electron chi connectivity index (χ4n) is 1.01. The Balaban J connectivity index is 1.93. The van der Waals surface area contributed by atoms with E-state index in [1.54, 1.807) is 0 Å². The first-order valence-corrected chi connectivity index (χ1v) is 5.51. The van der Waals surface area contributed by atoms with Crippen LogP contribution in [0.4, 0.5) is 0 Å². The summed E-state index contributed by atoms with van der Waals surface area (Å²) in [6.45, 7) is 0.828. The predicted octanol–water partition coefficient (Wildman–Crippen LogP) is 3.06. The Bertz CT molecular complexity index is 261. The fraction of sp³-hybridized carbons (Fsp3) is 0.500. The van der Waals surface area contributed by atoms with Crippen LogP contribution in [-0.2, 0) is 6.54 Å². The smallest absolute Gasteiger partial charge is 0.183 e. The molecule has 1 aliphatic rings. The minimum absolute atomic E-state index is 0.729. The van der Waals surface area contributed by atoms with E-state index in [0.29, 0.717) is 0 Å². The Kier molecular flexibility index (Phi) is 2.57. The molecule has 4 heteroatoms. The van der Waals surface area contributed by atoms with Crippen molar-refractivity contribution in [3.05, 3.63) is 21.0 Å². The molecule has 1 fully saturated rings. The third kappa shape index (κ3) is 2.12. The van der Waals surface area contributed by atoms with Crippen LogP contribution in [-0.4, -0.2) is 6.04 Å². The van der Waals surface area contributed by atoms with Gasteiger partial charge in [0.2, 0.25) is 0 Å². The van der Waals surface area contributed by atoms with Crippen LogP contribution in [0.2, 0.25) is 0 Å². The number of hydrogen-bond acceptors (Lipinski definition) is 2. The summed E-state index contributed by atoms with van der Waals surface area (Å²) < 4.78 is 7.15. The number of rotatable bonds is 3. The highest BCUT2D eigenvalue weighted by molar-refractivity contribution is 9.13. The largest absolute Gasteiger partial charge is 0.452 e. The number of hydrogen-bond donors (Lipinski definition) is 1. The van der Waals surface area contributed by atoms with Crippen molar-refractivity contribution in [2.75, 3.05) is 0 Å². The maximum atomic E-state index is 5.40. The van der Waals surface area contributed by atoms with Gasteiger partial charge in [0.05, 0.1) is 11.0 Å². The van der Waals surface area contributed by atoms with Gasteiger partial charge in [0.15, 0.2) is 4.67 Å². The lowest BCUT2D eigenvalue weighted by Crippen LogP contribution is -2.14. The summed E-state index contributed by atoms with van der Waals surface area (Å²) in [5.74, 6) is 0.973. The van der Waals surface area contributed by atoms with E-state index in [1.807, 2.05) is 6.07 Å². The normalized spacial score (nSPS) is 16.8. The third-order valence-corrected chi connectivity index (χ3v) is 3.55. The molecule has 1 heterocycles. The summed E-state index contributed by atoms with van der Waals surface area (Å²) in [6.07, 6.45) is 2.62. The molecule has 0 aromatic carbocycles. The molecular formula is C8H9Br2NO. The van der Waals surface area contributed by atoms with Gasteiger partial charge in [0, 0.05) is 6.04 Å². The molecule has 66 valence electrons. The van der Waals surface area contributed by atoms with Crippen LogP contribution in [0.25, 0.3) is 0 Å². The van der Waals surface area contributed by atoms with Crippen LogP contribution in [0, 0.1) is 0 Å². The molecule has 0 aliphatic heterocycles. The van der Waals surface area contributed by atoms with Gasteiger partial charge in [-0.15, -0.1) is 0 Å². The minimum atomic E-state index is 0.729. The predicted molar refractivity (Wildman–Crippen MR) is 54.0 cm³/mol. The molecule has 0 bridgehead atoms. The number of halogens is 2. The van der Waals surface area contributed by atoms with Gasteiger partial charge in [-0.3, -0.25) is 0 Å². The van der Waals surface area contributed by atoms with Crippen molar-refractivity contribution in [3.8, 4) is 0 Å². The molecule has 12 heavy (non-hydrogen) atoms. The van der Waals surface area contributed by atoms with E-state index >= 15 is 0 Å². The van der Waals surface area contributed by atoms with Crippen LogP contribution >= 0.6 is 31.9 Å². The van der Waals surface area contributed by atoms with Gasteiger partial charge in [0.1, 0.15) is 5.76 Å². The van der Waals surface area contributed by atoms with E-state index in [9.17, 15) is 0 Å². The summed E-state index contributed by atoms with van der Waals surface area (Å²) in [5.41, 5.74) is 0. The second-order valence-corrected chi connectivity index (χ2v) is 4.56. The first kappa shape index (κ1) is 8.78. The van der Waals surface area contributed by atoms with Gasteiger partial charge < -0.3 is 9.73 Å². The average molecular weight is 295 g/mol. The monoisotopic (exact) mass is 293 g/mol. The maximum absolute atomic E-state index is 5.40. The minimum Gasteiger partial charge on any atom is -0.452 e. The van der Waals surface area contributed by atoms with Gasteiger partial charge >= 0.3 is 0 Å². The Labute approximate surface area is 88.0 Å². The molecule has 1 aromatic rings. The lowest BCUT2D eigenvalue weighted by atomic mass is 10.4. The summed E-state index contributed by atoms with van der Waals surface area (Å²) in [4.78, 5) is 0. The van der Waals surface area contributed by atoms with Crippen molar-refractivity contribution in [2.45, 2.75) is 25.4 Å². The Morgan fingerprint density at radius 3 is 2.75 bits per heavy atom. The molecule has 2 rings (SSSR count). The van der Waals surface area contributed by atoms with Crippen molar-refractivity contribution in [2.24, 2.45) is 0 Å². The van der Waals surface area contributed by atoms with Crippen molar-refractivity contribution in [1.29, 1.82) is 0 Å². The van der Waals surface area contributed by atoms with Gasteiger partial charge in [-0.2, -0.15) is 0 Å². The number of furan rings is 1. The van der Waals surface area contributed by atoms with Crippen LogP contribution < -0.4 is 5.32 Å². The van der Waals surface area contributed by atoms with Crippen molar-refractivity contribution >= 4 is 31.9 Å². The van der Waals surface area contributed by atoms with Crippen LogP contribution in [0.3, 0.4) is 0 Å². The van der Waals surface area contributed by atoms with Crippen LogP contribution in [0.1, 0.15) is 18.6 Å². The molecule has 1 saturated carbocycles. The quantitative estimate of drug-likeness (QED) is 0.927. The Hall–Kier alpha value is 0.200. The van der Waals surface area contributed by atoms with Crippen LogP contribution in [0.5, 0.6) is 0 Å². The SMILES string of the molecule is Brc1cc(CNC2CC2)oc1Br. The zero-order valence-corrected chi connectivity index (χ0v) is 9.61. The topological polar surface area (TPSA) is 25.2 Å². The zero-order valence-electron chi connectivity index (χ0n) is 6.44. The second-order valence-electron chi connectivity index (χ2n) is 2.99.